The molecule has 0 heterocycles. The molecule has 0 saturated carbocycles. The summed E-state index contributed by atoms with van der Waals surface area (Å²) in [7, 11) is 3.77. The predicted octanol–water partition coefficient (Wildman–Crippen LogP) is 0.830. The zero-order chi connectivity index (χ0) is 12.2. The topological polar surface area (TPSA) is 49.3 Å². The van der Waals surface area contributed by atoms with Crippen molar-refractivity contribution in [3.8, 4) is 0 Å². The van der Waals surface area contributed by atoms with Crippen molar-refractivity contribution >= 4 is 5.91 Å². The number of carbonyl (C=O) groups is 1. The number of aliphatic hydroxyl groups excluding tert-OH is 1. The van der Waals surface area contributed by atoms with Gasteiger partial charge in [0.2, 0.25) is 0 Å². The molecule has 0 fully saturated rings. The number of amides is 1. The number of aliphatic hydroxyl groups is 1. The molecule has 1 amide bonds. The number of hydrogen-bond acceptors (Lipinski definition) is 2. The quantitative estimate of drug-likeness (QED) is 0.405. The summed E-state index contributed by atoms with van der Waals surface area (Å²) in [5.74, 6) is -0.159. The lowest BCUT2D eigenvalue weighted by molar-refractivity contribution is -0.959. The number of nitrogens with one attached hydrogen (secondary N) is 1. The Kier molecular flexibility index (Phi) is 4.97. The fourth-order valence-corrected chi connectivity index (χ4v) is 1.27. The minimum Gasteiger partial charge on any atom is -0.345 e. The van der Waals surface area contributed by atoms with E-state index in [9.17, 15) is 9.90 Å². The van der Waals surface area contributed by atoms with Gasteiger partial charge in [-0.25, -0.2) is 0 Å². The molecule has 0 saturated heterocycles. The Morgan fingerprint density at radius 1 is 1.53 bits per heavy atom. The van der Waals surface area contributed by atoms with Crippen molar-refractivity contribution in [2.45, 2.75) is 39.6 Å². The van der Waals surface area contributed by atoms with Crippen molar-refractivity contribution in [2.24, 2.45) is 0 Å². The van der Waals surface area contributed by atoms with Crippen LogP contribution in [-0.2, 0) is 4.79 Å². The van der Waals surface area contributed by atoms with E-state index in [0.29, 0.717) is 10.1 Å². The van der Waals surface area contributed by atoms with Gasteiger partial charge in [-0.15, -0.1) is 0 Å². The van der Waals surface area contributed by atoms with E-state index in [-0.39, 0.29) is 12.1 Å². The first kappa shape index (κ1) is 14.1. The zero-order valence-corrected chi connectivity index (χ0v) is 10.4. The van der Waals surface area contributed by atoms with Gasteiger partial charge in [-0.3, -0.25) is 9.28 Å². The maximum absolute atomic E-state index is 11.5. The molecule has 2 atom stereocenters. The third kappa shape index (κ3) is 3.64. The molecule has 4 nitrogen and oxygen atoms in total. The van der Waals surface area contributed by atoms with Crippen LogP contribution in [0.15, 0.2) is 12.2 Å². The molecule has 0 aromatic rings. The van der Waals surface area contributed by atoms with Crippen LogP contribution in [-0.4, -0.2) is 42.0 Å². The third-order valence-electron chi connectivity index (χ3n) is 2.84. The second kappa shape index (κ2) is 5.28. The number of hydrogen-bond donors (Lipinski definition) is 2. The van der Waals surface area contributed by atoms with Gasteiger partial charge in [0, 0.05) is 18.9 Å². The molecule has 0 aliphatic carbocycles. The monoisotopic (exact) mass is 215 g/mol. The van der Waals surface area contributed by atoms with Crippen molar-refractivity contribution in [1.82, 2.24) is 5.32 Å². The third-order valence-corrected chi connectivity index (χ3v) is 2.84. The van der Waals surface area contributed by atoms with Crippen LogP contribution >= 0.6 is 0 Å². The lowest BCUT2D eigenvalue weighted by Crippen LogP contribution is -2.61. The average Bonchev–Trinajstić information content (AvgIpc) is 2.12. The Labute approximate surface area is 92.2 Å². The molecule has 15 heavy (non-hydrogen) atoms. The second-order valence-corrected chi connectivity index (χ2v) is 4.44. The SMILES string of the molecule is C=C(C)C(=O)NC(CC)[N+](C)(C)C(C)O. The summed E-state index contributed by atoms with van der Waals surface area (Å²) >= 11 is 0. The van der Waals surface area contributed by atoms with Crippen molar-refractivity contribution < 1.29 is 14.4 Å². The maximum Gasteiger partial charge on any atom is 0.250 e. The van der Waals surface area contributed by atoms with Crippen molar-refractivity contribution in [2.75, 3.05) is 14.1 Å². The molecule has 88 valence electrons. The Morgan fingerprint density at radius 3 is 2.27 bits per heavy atom. The average molecular weight is 215 g/mol. The van der Waals surface area contributed by atoms with E-state index in [1.165, 1.54) is 0 Å². The summed E-state index contributed by atoms with van der Waals surface area (Å²) in [5, 5.41) is 12.5. The molecule has 0 radical (unpaired) electrons. The van der Waals surface area contributed by atoms with Gasteiger partial charge in [-0.2, -0.15) is 0 Å². The largest absolute Gasteiger partial charge is 0.345 e. The Morgan fingerprint density at radius 2 is 2.00 bits per heavy atom. The smallest absolute Gasteiger partial charge is 0.250 e. The van der Waals surface area contributed by atoms with Crippen LogP contribution < -0.4 is 5.32 Å². The summed E-state index contributed by atoms with van der Waals surface area (Å²) in [5.41, 5.74) is 0.485. The van der Waals surface area contributed by atoms with Gasteiger partial charge in [-0.1, -0.05) is 13.5 Å². The molecule has 2 unspecified atom stereocenters. The van der Waals surface area contributed by atoms with Gasteiger partial charge in [0.1, 0.15) is 0 Å². The van der Waals surface area contributed by atoms with Gasteiger partial charge >= 0.3 is 0 Å². The molecule has 0 bridgehead atoms. The van der Waals surface area contributed by atoms with Crippen LogP contribution in [0.1, 0.15) is 27.2 Å². The molecule has 0 rings (SSSR count). The normalized spacial score (nSPS) is 15.6. The highest BCUT2D eigenvalue weighted by atomic mass is 16.3. The number of quaternary nitrogens is 1. The fourth-order valence-electron chi connectivity index (χ4n) is 1.27. The van der Waals surface area contributed by atoms with Crippen LogP contribution in [0.4, 0.5) is 0 Å². The molecule has 0 aromatic heterocycles. The lowest BCUT2D eigenvalue weighted by atomic mass is 10.2. The summed E-state index contributed by atoms with van der Waals surface area (Å²) in [6.45, 7) is 8.95. The van der Waals surface area contributed by atoms with E-state index in [2.05, 4.69) is 11.9 Å². The van der Waals surface area contributed by atoms with E-state index < -0.39 is 6.23 Å². The van der Waals surface area contributed by atoms with Crippen LogP contribution in [0.5, 0.6) is 0 Å². The van der Waals surface area contributed by atoms with Gasteiger partial charge < -0.3 is 10.4 Å². The molecule has 0 aliphatic rings. The van der Waals surface area contributed by atoms with E-state index in [0.717, 1.165) is 6.42 Å². The highest BCUT2D eigenvalue weighted by Crippen LogP contribution is 2.12. The molecule has 0 aromatic carbocycles. The van der Waals surface area contributed by atoms with Gasteiger partial charge in [-0.05, 0) is 6.92 Å². The molecular weight excluding hydrogens is 192 g/mol. The van der Waals surface area contributed by atoms with Crippen molar-refractivity contribution in [3.05, 3.63) is 12.2 Å². The Balaban J connectivity index is 4.64. The first-order chi connectivity index (χ1) is 6.73. The molecule has 4 heteroatoms. The van der Waals surface area contributed by atoms with Gasteiger partial charge in [0.05, 0.1) is 14.1 Å². The van der Waals surface area contributed by atoms with Gasteiger partial charge in [0.15, 0.2) is 12.4 Å². The van der Waals surface area contributed by atoms with E-state index in [1.54, 1.807) is 13.8 Å². The highest BCUT2D eigenvalue weighted by molar-refractivity contribution is 5.92. The van der Waals surface area contributed by atoms with E-state index in [4.69, 9.17) is 0 Å². The first-order valence-electron chi connectivity index (χ1n) is 5.21. The van der Waals surface area contributed by atoms with Crippen LogP contribution in [0.3, 0.4) is 0 Å². The summed E-state index contributed by atoms with van der Waals surface area (Å²) in [6, 6.07) is 0. The first-order valence-corrected chi connectivity index (χ1v) is 5.21. The van der Waals surface area contributed by atoms with E-state index in [1.807, 2.05) is 21.0 Å². The molecule has 0 aliphatic heterocycles. The van der Waals surface area contributed by atoms with Crippen molar-refractivity contribution in [3.63, 3.8) is 0 Å². The summed E-state index contributed by atoms with van der Waals surface area (Å²) in [4.78, 5) is 11.5. The second-order valence-electron chi connectivity index (χ2n) is 4.44. The maximum atomic E-state index is 11.5. The number of rotatable bonds is 5. The minimum atomic E-state index is -0.527. The lowest BCUT2D eigenvalue weighted by Gasteiger charge is -2.40. The predicted molar refractivity (Wildman–Crippen MR) is 60.8 cm³/mol. The van der Waals surface area contributed by atoms with E-state index >= 15 is 0 Å². The fraction of sp³-hybridized carbons (Fsp3) is 0.727. The van der Waals surface area contributed by atoms with Crippen molar-refractivity contribution in [1.29, 1.82) is 0 Å². The summed E-state index contributed by atoms with van der Waals surface area (Å²) in [6.07, 6.45) is 0.131. The Hall–Kier alpha value is -0.870. The standard InChI is InChI=1S/C11H22N2O2/c1-7-10(12-11(15)8(2)3)13(5,6)9(4)14/h9-10,14H,2,7H2,1,3-6H3/p+1. The zero-order valence-electron chi connectivity index (χ0n) is 10.4. The number of nitrogens with zero attached hydrogens (tertiary/aromatic N) is 1. The van der Waals surface area contributed by atoms with Crippen LogP contribution in [0, 0.1) is 0 Å². The highest BCUT2D eigenvalue weighted by Gasteiger charge is 2.32. The molecular formula is C11H23N2O2+. The summed E-state index contributed by atoms with van der Waals surface area (Å²) < 4.78 is 0.343. The Bertz CT molecular complexity index is 247. The van der Waals surface area contributed by atoms with Gasteiger partial charge in [0.25, 0.3) is 5.91 Å². The molecule has 0 spiro atoms. The number of carbonyl (C=O) groups excluding carboxylic acids is 1. The minimum absolute atomic E-state index is 0.103. The van der Waals surface area contributed by atoms with Crippen LogP contribution in [0.2, 0.25) is 0 Å². The molecule has 2 N–H and O–H groups in total. The van der Waals surface area contributed by atoms with Crippen LogP contribution in [0.25, 0.3) is 0 Å².